The minimum atomic E-state index is 0.200. The molecule has 1 amide bonds. The third-order valence-electron chi connectivity index (χ3n) is 4.37. The fraction of sp³-hybridized carbons (Fsp3) is 0.316. The van der Waals surface area contributed by atoms with Crippen molar-refractivity contribution >= 4 is 29.3 Å². The topological polar surface area (TPSA) is 20.3 Å². The van der Waals surface area contributed by atoms with Gasteiger partial charge in [-0.1, -0.05) is 48.0 Å². The molecule has 0 saturated carbocycles. The lowest BCUT2D eigenvalue weighted by Gasteiger charge is -2.25. The van der Waals surface area contributed by atoms with Crippen molar-refractivity contribution < 1.29 is 4.79 Å². The summed E-state index contributed by atoms with van der Waals surface area (Å²) in [6.45, 7) is 0. The number of carbonyl (C=O) groups is 1. The Bertz CT molecular complexity index is 686. The van der Waals surface area contributed by atoms with E-state index in [1.54, 1.807) is 11.8 Å². The van der Waals surface area contributed by atoms with Gasteiger partial charge in [-0.15, -0.1) is 11.8 Å². The molecule has 120 valence electrons. The Morgan fingerprint density at radius 3 is 2.74 bits per heavy atom. The van der Waals surface area contributed by atoms with Crippen LogP contribution in [0.25, 0.3) is 0 Å². The van der Waals surface area contributed by atoms with E-state index in [1.165, 1.54) is 16.7 Å². The number of benzene rings is 2. The fourth-order valence-corrected chi connectivity index (χ4v) is 4.08. The molecule has 0 heterocycles. The average molecular weight is 346 g/mol. The molecule has 1 aliphatic carbocycles. The van der Waals surface area contributed by atoms with Gasteiger partial charge < -0.3 is 4.90 Å². The van der Waals surface area contributed by atoms with Gasteiger partial charge in [-0.2, -0.15) is 0 Å². The zero-order chi connectivity index (χ0) is 16.2. The lowest BCUT2D eigenvalue weighted by Crippen LogP contribution is -2.31. The normalized spacial score (nSPS) is 16.2. The Balaban J connectivity index is 1.53. The van der Waals surface area contributed by atoms with Gasteiger partial charge in [0.05, 0.1) is 11.8 Å². The van der Waals surface area contributed by atoms with Crippen LogP contribution in [0.1, 0.15) is 29.2 Å². The van der Waals surface area contributed by atoms with Crippen molar-refractivity contribution in [1.29, 1.82) is 0 Å². The number of fused-ring (bicyclic) bond motifs is 1. The molecule has 0 fully saturated rings. The van der Waals surface area contributed by atoms with Gasteiger partial charge in [-0.25, -0.2) is 0 Å². The number of halogens is 1. The van der Waals surface area contributed by atoms with E-state index < -0.39 is 0 Å². The number of hydrogen-bond acceptors (Lipinski definition) is 2. The summed E-state index contributed by atoms with van der Waals surface area (Å²) in [7, 11) is 1.93. The van der Waals surface area contributed by atoms with Crippen LogP contribution in [0.4, 0.5) is 0 Å². The number of thioether (sulfide) groups is 1. The summed E-state index contributed by atoms with van der Waals surface area (Å²) in [6.07, 6.45) is 2.10. The first-order chi connectivity index (χ1) is 11.1. The minimum Gasteiger partial charge on any atom is -0.338 e. The smallest absolute Gasteiger partial charge is 0.232 e. The van der Waals surface area contributed by atoms with E-state index in [-0.39, 0.29) is 11.9 Å². The number of rotatable bonds is 5. The minimum absolute atomic E-state index is 0.200. The third-order valence-corrected chi connectivity index (χ3v) is 5.61. The lowest BCUT2D eigenvalue weighted by molar-refractivity contribution is -0.129. The summed E-state index contributed by atoms with van der Waals surface area (Å²) in [5, 5.41) is 0.745. The van der Waals surface area contributed by atoms with Gasteiger partial charge in [-0.05, 0) is 41.7 Å². The lowest BCUT2D eigenvalue weighted by atomic mass is 10.1. The van der Waals surface area contributed by atoms with E-state index in [2.05, 4.69) is 24.3 Å². The second kappa shape index (κ2) is 7.41. The van der Waals surface area contributed by atoms with E-state index in [0.717, 1.165) is 23.6 Å². The van der Waals surface area contributed by atoms with Crippen LogP contribution in [0.3, 0.4) is 0 Å². The third kappa shape index (κ3) is 3.91. The molecule has 0 aliphatic heterocycles. The van der Waals surface area contributed by atoms with Crippen molar-refractivity contribution in [3.05, 3.63) is 70.2 Å². The summed E-state index contributed by atoms with van der Waals surface area (Å²) in [4.78, 5) is 14.4. The summed E-state index contributed by atoms with van der Waals surface area (Å²) < 4.78 is 0. The molecule has 0 N–H and O–H groups in total. The number of aryl methyl sites for hydroxylation is 1. The standard InChI is InChI=1S/C19H20ClNOS/c1-21(18-11-8-15-4-2-3-5-17(15)18)19(22)13-23-12-14-6-9-16(20)10-7-14/h2-7,9-10,18H,8,11-13H2,1H3. The summed E-state index contributed by atoms with van der Waals surface area (Å²) in [6, 6.07) is 16.5. The molecule has 1 aliphatic rings. The number of hydrogen-bond donors (Lipinski definition) is 0. The molecule has 0 spiro atoms. The first-order valence-electron chi connectivity index (χ1n) is 7.81. The van der Waals surface area contributed by atoms with Crippen LogP contribution in [0.2, 0.25) is 5.02 Å². The van der Waals surface area contributed by atoms with Gasteiger partial charge in [0.1, 0.15) is 0 Å². The van der Waals surface area contributed by atoms with Crippen molar-refractivity contribution in [2.75, 3.05) is 12.8 Å². The average Bonchev–Trinajstić information content (AvgIpc) is 3.00. The van der Waals surface area contributed by atoms with Crippen LogP contribution in [0, 0.1) is 0 Å². The Morgan fingerprint density at radius 1 is 1.22 bits per heavy atom. The molecule has 0 saturated heterocycles. The zero-order valence-corrected chi connectivity index (χ0v) is 14.7. The van der Waals surface area contributed by atoms with E-state index in [0.29, 0.717) is 5.75 Å². The molecule has 2 aromatic rings. The number of carbonyl (C=O) groups excluding carboxylic acids is 1. The highest BCUT2D eigenvalue weighted by Gasteiger charge is 2.27. The number of amides is 1. The molecule has 2 aromatic carbocycles. The van der Waals surface area contributed by atoms with Crippen molar-refractivity contribution in [2.45, 2.75) is 24.6 Å². The molecule has 2 nitrogen and oxygen atoms in total. The van der Waals surface area contributed by atoms with E-state index in [1.807, 2.05) is 36.2 Å². The molecule has 4 heteroatoms. The SMILES string of the molecule is CN(C(=O)CSCc1ccc(Cl)cc1)C1CCc2ccccc21. The second-order valence-electron chi connectivity index (χ2n) is 5.88. The predicted octanol–water partition coefficient (Wildman–Crippen LogP) is 4.72. The predicted molar refractivity (Wildman–Crippen MR) is 97.9 cm³/mol. The molecule has 0 aromatic heterocycles. The van der Waals surface area contributed by atoms with Crippen molar-refractivity contribution in [2.24, 2.45) is 0 Å². The molecule has 0 radical (unpaired) electrons. The number of nitrogens with zero attached hydrogens (tertiary/aromatic N) is 1. The Labute approximate surface area is 146 Å². The van der Waals surface area contributed by atoms with Gasteiger partial charge in [0.15, 0.2) is 0 Å². The quantitative estimate of drug-likeness (QED) is 0.781. The van der Waals surface area contributed by atoms with E-state index in [9.17, 15) is 4.79 Å². The van der Waals surface area contributed by atoms with E-state index in [4.69, 9.17) is 11.6 Å². The zero-order valence-electron chi connectivity index (χ0n) is 13.2. The van der Waals surface area contributed by atoms with Crippen LogP contribution in [0.15, 0.2) is 48.5 Å². The summed E-state index contributed by atoms with van der Waals surface area (Å²) >= 11 is 7.54. The van der Waals surface area contributed by atoms with Crippen LogP contribution in [0.5, 0.6) is 0 Å². The second-order valence-corrected chi connectivity index (χ2v) is 7.30. The Hall–Kier alpha value is -1.45. The Kier molecular flexibility index (Phi) is 5.29. The van der Waals surface area contributed by atoms with Gasteiger partial charge >= 0.3 is 0 Å². The molecule has 0 bridgehead atoms. The van der Waals surface area contributed by atoms with Crippen LogP contribution in [-0.4, -0.2) is 23.6 Å². The summed E-state index contributed by atoms with van der Waals surface area (Å²) in [5.41, 5.74) is 3.89. The highest BCUT2D eigenvalue weighted by molar-refractivity contribution is 7.99. The van der Waals surface area contributed by atoms with Gasteiger partial charge in [0.2, 0.25) is 5.91 Å². The summed E-state index contributed by atoms with van der Waals surface area (Å²) in [5.74, 6) is 1.54. The van der Waals surface area contributed by atoms with Gasteiger partial charge in [0, 0.05) is 17.8 Å². The highest BCUT2D eigenvalue weighted by Crippen LogP contribution is 2.35. The maximum Gasteiger partial charge on any atom is 0.232 e. The molecular formula is C19H20ClNOS. The van der Waals surface area contributed by atoms with Crippen molar-refractivity contribution in [3.63, 3.8) is 0 Å². The van der Waals surface area contributed by atoms with Gasteiger partial charge in [0.25, 0.3) is 0 Å². The molecule has 23 heavy (non-hydrogen) atoms. The molecule has 1 atom stereocenters. The maximum atomic E-state index is 12.5. The highest BCUT2D eigenvalue weighted by atomic mass is 35.5. The van der Waals surface area contributed by atoms with Crippen molar-refractivity contribution in [3.8, 4) is 0 Å². The fourth-order valence-electron chi connectivity index (χ4n) is 3.05. The van der Waals surface area contributed by atoms with Crippen LogP contribution < -0.4 is 0 Å². The monoisotopic (exact) mass is 345 g/mol. The molecule has 3 rings (SSSR count). The van der Waals surface area contributed by atoms with Crippen molar-refractivity contribution in [1.82, 2.24) is 4.90 Å². The largest absolute Gasteiger partial charge is 0.338 e. The van der Waals surface area contributed by atoms with Crippen LogP contribution >= 0.6 is 23.4 Å². The first-order valence-corrected chi connectivity index (χ1v) is 9.34. The first kappa shape index (κ1) is 16.4. The molecular weight excluding hydrogens is 326 g/mol. The van der Waals surface area contributed by atoms with Gasteiger partial charge in [-0.3, -0.25) is 4.79 Å². The Morgan fingerprint density at radius 2 is 1.96 bits per heavy atom. The van der Waals surface area contributed by atoms with E-state index >= 15 is 0 Å². The van der Waals surface area contributed by atoms with Crippen LogP contribution in [-0.2, 0) is 17.0 Å². The molecule has 1 unspecified atom stereocenters. The maximum absolute atomic E-state index is 12.5.